The van der Waals surface area contributed by atoms with E-state index in [4.69, 9.17) is 11.6 Å². The third-order valence-electron chi connectivity index (χ3n) is 3.40. The quantitative estimate of drug-likeness (QED) is 0.906. The Morgan fingerprint density at radius 3 is 2.63 bits per heavy atom. The summed E-state index contributed by atoms with van der Waals surface area (Å²) in [5.74, 6) is 0. The summed E-state index contributed by atoms with van der Waals surface area (Å²) in [5.41, 5.74) is 0. The minimum absolute atomic E-state index is 0.227. The number of hydrogen-bond donors (Lipinski definition) is 1. The van der Waals surface area contributed by atoms with Gasteiger partial charge in [-0.2, -0.15) is 0 Å². The summed E-state index contributed by atoms with van der Waals surface area (Å²) in [6, 6.07) is 3.38. The lowest BCUT2D eigenvalue weighted by atomic mass is 10.1. The molecule has 19 heavy (non-hydrogen) atoms. The maximum Gasteiger partial charge on any atom is 0.250 e. The lowest BCUT2D eigenvalue weighted by Crippen LogP contribution is -2.44. The molecule has 0 amide bonds. The third kappa shape index (κ3) is 4.16. The molecule has 1 aromatic rings. The van der Waals surface area contributed by atoms with E-state index in [1.54, 1.807) is 12.1 Å². The lowest BCUT2D eigenvalue weighted by Gasteiger charge is -2.32. The summed E-state index contributed by atoms with van der Waals surface area (Å²) in [7, 11) is -3.42. The van der Waals surface area contributed by atoms with E-state index in [9.17, 15) is 8.42 Å². The van der Waals surface area contributed by atoms with Gasteiger partial charge in [0.15, 0.2) is 0 Å². The molecule has 1 N–H and O–H groups in total. The number of likely N-dealkylation sites (tertiary alicyclic amines) is 1. The Bertz CT molecular complexity index is 510. The maximum absolute atomic E-state index is 12.1. The van der Waals surface area contributed by atoms with Gasteiger partial charge in [0.25, 0.3) is 0 Å². The molecule has 0 aliphatic carbocycles. The molecular formula is C12H19ClN2O2S2. The van der Waals surface area contributed by atoms with Gasteiger partial charge >= 0.3 is 0 Å². The summed E-state index contributed by atoms with van der Waals surface area (Å²) >= 11 is 6.85. The molecule has 0 aromatic carbocycles. The van der Waals surface area contributed by atoms with Crippen LogP contribution in [-0.2, 0) is 10.0 Å². The molecule has 4 nitrogen and oxygen atoms in total. The second-order valence-electron chi connectivity index (χ2n) is 4.86. The molecule has 1 atom stereocenters. The highest BCUT2D eigenvalue weighted by atomic mass is 35.5. The van der Waals surface area contributed by atoms with Gasteiger partial charge < -0.3 is 0 Å². The van der Waals surface area contributed by atoms with Crippen LogP contribution in [0.25, 0.3) is 0 Å². The zero-order valence-electron chi connectivity index (χ0n) is 10.9. The number of nitrogens with zero attached hydrogens (tertiary/aromatic N) is 1. The Labute approximate surface area is 123 Å². The van der Waals surface area contributed by atoms with Crippen LogP contribution in [0.15, 0.2) is 16.3 Å². The van der Waals surface area contributed by atoms with Crippen LogP contribution in [0.4, 0.5) is 0 Å². The van der Waals surface area contributed by atoms with E-state index in [1.165, 1.54) is 19.3 Å². The number of piperidine rings is 1. The highest BCUT2D eigenvalue weighted by molar-refractivity contribution is 7.91. The molecule has 2 rings (SSSR count). The molecule has 0 saturated carbocycles. The second-order valence-corrected chi connectivity index (χ2v) is 8.56. The summed E-state index contributed by atoms with van der Waals surface area (Å²) in [6.45, 7) is 4.63. The van der Waals surface area contributed by atoms with Crippen LogP contribution < -0.4 is 4.72 Å². The van der Waals surface area contributed by atoms with Gasteiger partial charge in [-0.1, -0.05) is 18.0 Å². The first-order valence-electron chi connectivity index (χ1n) is 6.48. The van der Waals surface area contributed by atoms with Gasteiger partial charge in [-0.3, -0.25) is 4.90 Å². The van der Waals surface area contributed by atoms with Gasteiger partial charge in [-0.05, 0) is 45.0 Å². The van der Waals surface area contributed by atoms with Crippen molar-refractivity contribution in [3.8, 4) is 0 Å². The molecule has 0 bridgehead atoms. The Balaban J connectivity index is 1.90. The van der Waals surface area contributed by atoms with Crippen molar-refractivity contribution in [2.24, 2.45) is 0 Å². The van der Waals surface area contributed by atoms with E-state index in [1.807, 2.05) is 0 Å². The lowest BCUT2D eigenvalue weighted by molar-refractivity contribution is 0.175. The SMILES string of the molecule is CC(CNS(=O)(=O)c1ccc(Cl)s1)N1CCCCC1. The van der Waals surface area contributed by atoms with Crippen molar-refractivity contribution < 1.29 is 8.42 Å². The van der Waals surface area contributed by atoms with Crippen LogP contribution in [0, 0.1) is 0 Å². The van der Waals surface area contributed by atoms with Gasteiger partial charge in [-0.25, -0.2) is 13.1 Å². The molecule has 0 spiro atoms. The van der Waals surface area contributed by atoms with Gasteiger partial charge in [0.1, 0.15) is 4.21 Å². The monoisotopic (exact) mass is 322 g/mol. The van der Waals surface area contributed by atoms with E-state index >= 15 is 0 Å². The largest absolute Gasteiger partial charge is 0.299 e. The van der Waals surface area contributed by atoms with Gasteiger partial charge in [-0.15, -0.1) is 11.3 Å². The Morgan fingerprint density at radius 1 is 1.37 bits per heavy atom. The fourth-order valence-corrected chi connectivity index (χ4v) is 4.88. The second kappa shape index (κ2) is 6.54. The van der Waals surface area contributed by atoms with Crippen molar-refractivity contribution in [3.05, 3.63) is 16.5 Å². The van der Waals surface area contributed by atoms with Gasteiger partial charge in [0, 0.05) is 12.6 Å². The van der Waals surface area contributed by atoms with Crippen LogP contribution in [-0.4, -0.2) is 39.0 Å². The molecule has 2 heterocycles. The first kappa shape index (κ1) is 15.3. The van der Waals surface area contributed by atoms with E-state index < -0.39 is 10.0 Å². The first-order valence-corrected chi connectivity index (χ1v) is 9.16. The number of sulfonamides is 1. The van der Waals surface area contributed by atoms with Crippen LogP contribution in [0.5, 0.6) is 0 Å². The number of thiophene rings is 1. The van der Waals surface area contributed by atoms with Crippen molar-refractivity contribution in [2.75, 3.05) is 19.6 Å². The average molecular weight is 323 g/mol. The molecule has 1 aliphatic heterocycles. The van der Waals surface area contributed by atoms with Crippen LogP contribution in [0.2, 0.25) is 4.34 Å². The molecule has 1 fully saturated rings. The molecule has 1 aliphatic rings. The van der Waals surface area contributed by atoms with Crippen LogP contribution in [0.3, 0.4) is 0 Å². The highest BCUT2D eigenvalue weighted by Crippen LogP contribution is 2.25. The average Bonchev–Trinajstić information content (AvgIpc) is 2.85. The molecule has 1 unspecified atom stereocenters. The normalized spacial score (nSPS) is 19.5. The van der Waals surface area contributed by atoms with Crippen molar-refractivity contribution in [1.82, 2.24) is 9.62 Å². The molecular weight excluding hydrogens is 304 g/mol. The number of hydrogen-bond acceptors (Lipinski definition) is 4. The van der Waals surface area contributed by atoms with E-state index in [2.05, 4.69) is 16.5 Å². The number of rotatable bonds is 5. The minimum Gasteiger partial charge on any atom is -0.299 e. The van der Waals surface area contributed by atoms with Crippen molar-refractivity contribution in [2.45, 2.75) is 36.4 Å². The molecule has 0 radical (unpaired) electrons. The fraction of sp³-hybridized carbons (Fsp3) is 0.667. The van der Waals surface area contributed by atoms with Crippen LogP contribution in [0.1, 0.15) is 26.2 Å². The van der Waals surface area contributed by atoms with Crippen LogP contribution >= 0.6 is 22.9 Å². The summed E-state index contributed by atoms with van der Waals surface area (Å²) in [6.07, 6.45) is 3.69. The predicted octanol–water partition coefficient (Wildman–Crippen LogP) is 2.55. The zero-order chi connectivity index (χ0) is 13.9. The first-order chi connectivity index (χ1) is 8.99. The smallest absolute Gasteiger partial charge is 0.250 e. The van der Waals surface area contributed by atoms with Gasteiger partial charge in [0.05, 0.1) is 4.34 Å². The van der Waals surface area contributed by atoms with Gasteiger partial charge in [0.2, 0.25) is 10.0 Å². The minimum atomic E-state index is -3.42. The van der Waals surface area contributed by atoms with E-state index in [-0.39, 0.29) is 10.3 Å². The van der Waals surface area contributed by atoms with E-state index in [0.717, 1.165) is 24.4 Å². The maximum atomic E-state index is 12.1. The van der Waals surface area contributed by atoms with Crippen molar-refractivity contribution >= 4 is 33.0 Å². The Kier molecular flexibility index (Phi) is 5.25. The molecule has 1 saturated heterocycles. The summed E-state index contributed by atoms with van der Waals surface area (Å²) in [4.78, 5) is 2.34. The Hall–Kier alpha value is -0.140. The topological polar surface area (TPSA) is 49.4 Å². The van der Waals surface area contributed by atoms with E-state index in [0.29, 0.717) is 10.9 Å². The third-order valence-corrected chi connectivity index (χ3v) is 6.54. The number of halogens is 1. The van der Waals surface area contributed by atoms with Crippen molar-refractivity contribution in [1.29, 1.82) is 0 Å². The zero-order valence-corrected chi connectivity index (χ0v) is 13.3. The fourth-order valence-electron chi connectivity index (χ4n) is 2.23. The van der Waals surface area contributed by atoms with Crippen molar-refractivity contribution in [3.63, 3.8) is 0 Å². The predicted molar refractivity (Wildman–Crippen MR) is 79.4 cm³/mol. The number of nitrogens with one attached hydrogen (secondary N) is 1. The summed E-state index contributed by atoms with van der Waals surface area (Å²) < 4.78 is 27.5. The standard InChI is InChI=1S/C12H19ClN2O2S2/c1-10(15-7-3-2-4-8-15)9-14-19(16,17)12-6-5-11(13)18-12/h5-6,10,14H,2-4,7-9H2,1H3. The molecule has 1 aromatic heterocycles. The highest BCUT2D eigenvalue weighted by Gasteiger charge is 2.21. The summed E-state index contributed by atoms with van der Waals surface area (Å²) in [5, 5.41) is 0. The Morgan fingerprint density at radius 2 is 2.05 bits per heavy atom. The molecule has 108 valence electrons. The molecule has 7 heteroatoms.